The Hall–Kier alpha value is -3.99. The van der Waals surface area contributed by atoms with Crippen molar-refractivity contribution in [1.29, 1.82) is 0 Å². The van der Waals surface area contributed by atoms with E-state index in [4.69, 9.17) is 14.6 Å². The summed E-state index contributed by atoms with van der Waals surface area (Å²) in [6.45, 7) is 0.133. The van der Waals surface area contributed by atoms with Crippen LogP contribution in [0.2, 0.25) is 0 Å². The number of aromatic nitrogens is 1. The SMILES string of the molecule is COc1cc(/C=N\Nc2ncccc2[N+](=O)[O-])cc(Br)c1OCc1cccc(C(=O)O)c1. The predicted octanol–water partition coefficient (Wildman–Crippen LogP) is 4.48. The summed E-state index contributed by atoms with van der Waals surface area (Å²) in [6, 6.07) is 12.6. The second-order valence-corrected chi connectivity index (χ2v) is 7.18. The highest BCUT2D eigenvalue weighted by molar-refractivity contribution is 9.10. The molecule has 32 heavy (non-hydrogen) atoms. The molecule has 0 atom stereocenters. The third-order valence-electron chi connectivity index (χ3n) is 4.18. The number of hydrogen-bond acceptors (Lipinski definition) is 8. The molecule has 2 aromatic carbocycles. The summed E-state index contributed by atoms with van der Waals surface area (Å²) in [5.41, 5.74) is 3.84. The molecule has 0 radical (unpaired) electrons. The van der Waals surface area contributed by atoms with E-state index in [1.807, 2.05) is 0 Å². The summed E-state index contributed by atoms with van der Waals surface area (Å²) in [5, 5.41) is 24.2. The van der Waals surface area contributed by atoms with Crippen molar-refractivity contribution in [2.75, 3.05) is 12.5 Å². The average Bonchev–Trinajstić information content (AvgIpc) is 2.78. The standard InChI is InChI=1S/C21H17BrN4O6/c1-31-18-10-14(11-24-25-20-17(26(29)30)6-3-7-23-20)9-16(22)19(18)32-12-13-4-2-5-15(8-13)21(27)28/h2-11H,12H2,1H3,(H,23,25)(H,27,28)/b24-11-. The Balaban J connectivity index is 1.75. The first-order valence-corrected chi connectivity index (χ1v) is 9.89. The molecule has 3 rings (SSSR count). The fourth-order valence-corrected chi connectivity index (χ4v) is 3.28. The van der Waals surface area contributed by atoms with Gasteiger partial charge in [-0.2, -0.15) is 5.10 Å². The molecule has 0 aliphatic carbocycles. The number of nitrogens with zero attached hydrogens (tertiary/aromatic N) is 3. The number of halogens is 1. The highest BCUT2D eigenvalue weighted by Gasteiger charge is 2.14. The molecule has 0 fully saturated rings. The van der Waals surface area contributed by atoms with Gasteiger partial charge in [-0.05, 0) is 57.4 Å². The third-order valence-corrected chi connectivity index (χ3v) is 4.77. The first kappa shape index (κ1) is 22.7. The topological polar surface area (TPSA) is 136 Å². The van der Waals surface area contributed by atoms with Gasteiger partial charge in [0.25, 0.3) is 0 Å². The smallest absolute Gasteiger partial charge is 0.335 e. The van der Waals surface area contributed by atoms with Crippen molar-refractivity contribution in [2.24, 2.45) is 5.10 Å². The van der Waals surface area contributed by atoms with Crippen LogP contribution in [0.3, 0.4) is 0 Å². The zero-order chi connectivity index (χ0) is 23.1. The van der Waals surface area contributed by atoms with E-state index in [9.17, 15) is 14.9 Å². The molecule has 0 unspecified atom stereocenters. The molecule has 0 amide bonds. The van der Waals surface area contributed by atoms with Crippen LogP contribution in [0.1, 0.15) is 21.5 Å². The number of nitro groups is 1. The summed E-state index contributed by atoms with van der Waals surface area (Å²) < 4.78 is 11.8. The van der Waals surface area contributed by atoms with Gasteiger partial charge in [-0.15, -0.1) is 0 Å². The summed E-state index contributed by atoms with van der Waals surface area (Å²) in [5.74, 6) is -0.153. The number of hydrogen-bond donors (Lipinski definition) is 2. The molecule has 1 heterocycles. The van der Waals surface area contributed by atoms with Gasteiger partial charge in [0.2, 0.25) is 5.82 Å². The maximum Gasteiger partial charge on any atom is 0.335 e. The molecule has 1 aromatic heterocycles. The largest absolute Gasteiger partial charge is 0.493 e. The molecule has 0 saturated carbocycles. The summed E-state index contributed by atoms with van der Waals surface area (Å²) in [7, 11) is 1.48. The zero-order valence-electron chi connectivity index (χ0n) is 16.7. The van der Waals surface area contributed by atoms with Crippen LogP contribution in [0, 0.1) is 10.1 Å². The summed E-state index contributed by atoms with van der Waals surface area (Å²) >= 11 is 3.43. The number of rotatable bonds is 9. The van der Waals surface area contributed by atoms with Crippen molar-refractivity contribution in [3.05, 3.63) is 86.0 Å². The molecule has 0 aliphatic heterocycles. The van der Waals surface area contributed by atoms with Crippen LogP contribution in [-0.2, 0) is 6.61 Å². The molecule has 0 spiro atoms. The fourth-order valence-electron chi connectivity index (χ4n) is 2.70. The van der Waals surface area contributed by atoms with Crippen LogP contribution in [0.5, 0.6) is 11.5 Å². The monoisotopic (exact) mass is 500 g/mol. The number of anilines is 1. The van der Waals surface area contributed by atoms with Crippen molar-refractivity contribution in [3.63, 3.8) is 0 Å². The highest BCUT2D eigenvalue weighted by atomic mass is 79.9. The van der Waals surface area contributed by atoms with Gasteiger partial charge in [0.15, 0.2) is 11.5 Å². The second kappa shape index (κ2) is 10.4. The van der Waals surface area contributed by atoms with Crippen molar-refractivity contribution < 1.29 is 24.3 Å². The molecule has 0 bridgehead atoms. The predicted molar refractivity (Wildman–Crippen MR) is 121 cm³/mol. The Morgan fingerprint density at radius 2 is 2.12 bits per heavy atom. The number of benzene rings is 2. The van der Waals surface area contributed by atoms with Crippen molar-refractivity contribution in [3.8, 4) is 11.5 Å². The molecule has 11 heteroatoms. The Bertz CT molecular complexity index is 1180. The lowest BCUT2D eigenvalue weighted by atomic mass is 10.1. The maximum atomic E-state index is 11.1. The Morgan fingerprint density at radius 3 is 2.84 bits per heavy atom. The number of aromatic carboxylic acids is 1. The minimum absolute atomic E-state index is 0.0170. The molecule has 164 valence electrons. The van der Waals surface area contributed by atoms with Gasteiger partial charge in [0, 0.05) is 12.3 Å². The van der Waals surface area contributed by atoms with Gasteiger partial charge >= 0.3 is 11.7 Å². The number of methoxy groups -OCH3 is 1. The number of carboxylic acid groups (broad SMARTS) is 1. The average molecular weight is 501 g/mol. The van der Waals surface area contributed by atoms with Gasteiger partial charge in [-0.3, -0.25) is 15.5 Å². The second-order valence-electron chi connectivity index (χ2n) is 6.33. The van der Waals surface area contributed by atoms with Crippen LogP contribution in [0.15, 0.2) is 64.3 Å². The zero-order valence-corrected chi connectivity index (χ0v) is 18.3. The normalized spacial score (nSPS) is 10.7. The van der Waals surface area contributed by atoms with Crippen LogP contribution in [-0.4, -0.2) is 34.3 Å². The van der Waals surface area contributed by atoms with E-state index < -0.39 is 10.9 Å². The van der Waals surface area contributed by atoms with E-state index in [0.29, 0.717) is 27.1 Å². The molecular formula is C21H17BrN4O6. The Labute approximate surface area is 190 Å². The lowest BCUT2D eigenvalue weighted by Crippen LogP contribution is -2.02. The van der Waals surface area contributed by atoms with E-state index >= 15 is 0 Å². The molecule has 0 aliphatic rings. The molecule has 10 nitrogen and oxygen atoms in total. The van der Waals surface area contributed by atoms with Gasteiger partial charge in [-0.1, -0.05) is 12.1 Å². The van der Waals surface area contributed by atoms with E-state index in [0.717, 1.165) is 0 Å². The number of ether oxygens (including phenoxy) is 2. The number of carboxylic acids is 1. The molecule has 3 aromatic rings. The quantitative estimate of drug-likeness (QED) is 0.249. The van der Waals surface area contributed by atoms with Crippen molar-refractivity contribution in [2.45, 2.75) is 6.61 Å². The fraction of sp³-hybridized carbons (Fsp3) is 0.0952. The number of nitrogens with one attached hydrogen (secondary N) is 1. The first-order chi connectivity index (χ1) is 15.4. The van der Waals surface area contributed by atoms with Gasteiger partial charge in [-0.25, -0.2) is 9.78 Å². The van der Waals surface area contributed by atoms with Crippen LogP contribution in [0.4, 0.5) is 11.5 Å². The van der Waals surface area contributed by atoms with Crippen LogP contribution >= 0.6 is 15.9 Å². The van der Waals surface area contributed by atoms with Crippen molar-refractivity contribution >= 4 is 39.6 Å². The maximum absolute atomic E-state index is 11.1. The molecular weight excluding hydrogens is 484 g/mol. The molecule has 2 N–H and O–H groups in total. The number of hydrazone groups is 1. The van der Waals surface area contributed by atoms with Gasteiger partial charge in [0.1, 0.15) is 6.61 Å². The summed E-state index contributed by atoms with van der Waals surface area (Å²) in [6.07, 6.45) is 2.87. The number of pyridine rings is 1. The Kier molecular flexibility index (Phi) is 7.34. The van der Waals surface area contributed by atoms with E-state index in [-0.39, 0.29) is 23.7 Å². The Morgan fingerprint density at radius 1 is 1.31 bits per heavy atom. The number of carbonyl (C=O) groups is 1. The van der Waals surface area contributed by atoms with Gasteiger partial charge < -0.3 is 14.6 Å². The minimum Gasteiger partial charge on any atom is -0.493 e. The third kappa shape index (κ3) is 5.58. The highest BCUT2D eigenvalue weighted by Crippen LogP contribution is 2.37. The van der Waals surface area contributed by atoms with Crippen LogP contribution in [0.25, 0.3) is 0 Å². The lowest BCUT2D eigenvalue weighted by Gasteiger charge is -2.14. The minimum atomic E-state index is -1.01. The molecule has 0 saturated heterocycles. The van der Waals surface area contributed by atoms with Gasteiger partial charge in [0.05, 0.1) is 28.3 Å². The van der Waals surface area contributed by atoms with Crippen molar-refractivity contribution in [1.82, 2.24) is 4.98 Å². The van der Waals surface area contributed by atoms with E-state index in [1.165, 1.54) is 43.8 Å². The lowest BCUT2D eigenvalue weighted by molar-refractivity contribution is -0.384. The summed E-state index contributed by atoms with van der Waals surface area (Å²) in [4.78, 5) is 25.5. The van der Waals surface area contributed by atoms with E-state index in [2.05, 4.69) is 31.4 Å². The van der Waals surface area contributed by atoms with E-state index in [1.54, 1.807) is 24.3 Å². The van der Waals surface area contributed by atoms with Crippen LogP contribution < -0.4 is 14.9 Å². The first-order valence-electron chi connectivity index (χ1n) is 9.10.